The van der Waals surface area contributed by atoms with Crippen LogP contribution in [0.25, 0.3) is 0 Å². The van der Waals surface area contributed by atoms with Gasteiger partial charge in [-0.15, -0.1) is 0 Å². The zero-order valence-electron chi connectivity index (χ0n) is 11.2. The van der Waals surface area contributed by atoms with Crippen LogP contribution in [0.4, 0.5) is 0 Å². The average Bonchev–Trinajstić information content (AvgIpc) is 2.24. The van der Waals surface area contributed by atoms with Crippen LogP contribution in [0, 0.1) is 11.8 Å². The lowest BCUT2D eigenvalue weighted by Gasteiger charge is -2.26. The van der Waals surface area contributed by atoms with Gasteiger partial charge in [-0.25, -0.2) is 8.42 Å². The van der Waals surface area contributed by atoms with E-state index in [1.165, 1.54) is 38.4 Å². The molecule has 0 saturated heterocycles. The summed E-state index contributed by atoms with van der Waals surface area (Å²) in [4.78, 5) is 0. The van der Waals surface area contributed by atoms with Gasteiger partial charge >= 0.3 is 0 Å². The van der Waals surface area contributed by atoms with E-state index >= 15 is 0 Å². The SMILES string of the molecule is CC1CCC(CCNCCCS(C)(=O)=O)CC1. The van der Waals surface area contributed by atoms with E-state index in [9.17, 15) is 8.42 Å². The van der Waals surface area contributed by atoms with E-state index in [-0.39, 0.29) is 0 Å². The normalized spacial score (nSPS) is 26.0. The maximum absolute atomic E-state index is 10.9. The lowest BCUT2D eigenvalue weighted by molar-refractivity contribution is 0.275. The van der Waals surface area contributed by atoms with Crippen molar-refractivity contribution in [3.05, 3.63) is 0 Å². The fraction of sp³-hybridized carbons (Fsp3) is 1.00. The topological polar surface area (TPSA) is 46.2 Å². The second kappa shape index (κ2) is 7.37. The van der Waals surface area contributed by atoms with Crippen LogP contribution in [-0.4, -0.2) is 33.5 Å². The molecule has 0 amide bonds. The summed E-state index contributed by atoms with van der Waals surface area (Å²) in [6.45, 7) is 4.22. The largest absolute Gasteiger partial charge is 0.317 e. The Morgan fingerprint density at radius 3 is 2.35 bits per heavy atom. The van der Waals surface area contributed by atoms with Gasteiger partial charge in [0.05, 0.1) is 5.75 Å². The van der Waals surface area contributed by atoms with Crippen molar-refractivity contribution in [2.45, 2.75) is 45.4 Å². The third-order valence-corrected chi connectivity index (χ3v) is 4.76. The maximum atomic E-state index is 10.9. The van der Waals surface area contributed by atoms with E-state index in [4.69, 9.17) is 0 Å². The lowest BCUT2D eigenvalue weighted by Crippen LogP contribution is -2.23. The van der Waals surface area contributed by atoms with Gasteiger partial charge in [0.15, 0.2) is 0 Å². The zero-order valence-corrected chi connectivity index (χ0v) is 12.1. The summed E-state index contributed by atoms with van der Waals surface area (Å²) in [7, 11) is -2.78. The number of nitrogens with one attached hydrogen (secondary N) is 1. The standard InChI is InChI=1S/C13H27NO2S/c1-12-4-6-13(7-5-12)8-10-14-9-3-11-17(2,15)16/h12-14H,3-11H2,1-2H3. The molecular formula is C13H27NO2S. The third kappa shape index (κ3) is 7.77. The molecule has 0 aromatic heterocycles. The minimum absolute atomic E-state index is 0.306. The molecule has 17 heavy (non-hydrogen) atoms. The summed E-state index contributed by atoms with van der Waals surface area (Å²) in [5.74, 6) is 2.13. The van der Waals surface area contributed by atoms with E-state index in [0.717, 1.165) is 31.3 Å². The van der Waals surface area contributed by atoms with Crippen LogP contribution in [0.5, 0.6) is 0 Å². The van der Waals surface area contributed by atoms with Crippen LogP contribution in [0.15, 0.2) is 0 Å². The number of hydrogen-bond donors (Lipinski definition) is 1. The minimum atomic E-state index is -2.78. The number of hydrogen-bond acceptors (Lipinski definition) is 3. The Morgan fingerprint density at radius 2 is 1.76 bits per heavy atom. The highest BCUT2D eigenvalue weighted by Gasteiger charge is 2.17. The fourth-order valence-electron chi connectivity index (χ4n) is 2.51. The molecular weight excluding hydrogens is 234 g/mol. The smallest absolute Gasteiger partial charge is 0.147 e. The molecule has 0 radical (unpaired) electrons. The molecule has 0 atom stereocenters. The van der Waals surface area contributed by atoms with Crippen LogP contribution in [0.3, 0.4) is 0 Å². The Balaban J connectivity index is 1.94. The minimum Gasteiger partial charge on any atom is -0.317 e. The Morgan fingerprint density at radius 1 is 1.12 bits per heavy atom. The van der Waals surface area contributed by atoms with Crippen molar-refractivity contribution in [1.29, 1.82) is 0 Å². The zero-order chi connectivity index (χ0) is 12.7. The number of sulfone groups is 1. The van der Waals surface area contributed by atoms with Crippen molar-refractivity contribution in [2.24, 2.45) is 11.8 Å². The Labute approximate surface area is 106 Å². The van der Waals surface area contributed by atoms with Crippen molar-refractivity contribution in [1.82, 2.24) is 5.32 Å². The van der Waals surface area contributed by atoms with Gasteiger partial charge in [-0.2, -0.15) is 0 Å². The third-order valence-electron chi connectivity index (χ3n) is 3.73. The fourth-order valence-corrected chi connectivity index (χ4v) is 3.18. The first-order chi connectivity index (χ1) is 7.97. The van der Waals surface area contributed by atoms with Crippen molar-refractivity contribution in [3.63, 3.8) is 0 Å². The molecule has 0 unspecified atom stereocenters. The lowest BCUT2D eigenvalue weighted by atomic mass is 9.81. The highest BCUT2D eigenvalue weighted by molar-refractivity contribution is 7.90. The van der Waals surface area contributed by atoms with E-state index in [1.54, 1.807) is 0 Å². The molecule has 1 saturated carbocycles. The predicted octanol–water partition coefficient (Wildman–Crippen LogP) is 2.23. The summed E-state index contributed by atoms with van der Waals surface area (Å²) in [5, 5.41) is 3.35. The molecule has 1 fully saturated rings. The van der Waals surface area contributed by atoms with Gasteiger partial charge in [-0.1, -0.05) is 32.6 Å². The molecule has 0 aliphatic heterocycles. The molecule has 1 aliphatic carbocycles. The van der Waals surface area contributed by atoms with Gasteiger partial charge in [0.2, 0.25) is 0 Å². The summed E-state index contributed by atoms with van der Waals surface area (Å²) in [6, 6.07) is 0. The Hall–Kier alpha value is -0.0900. The Bertz CT molecular complexity index is 293. The second-order valence-electron chi connectivity index (χ2n) is 5.65. The van der Waals surface area contributed by atoms with Gasteiger partial charge in [0.25, 0.3) is 0 Å². The molecule has 0 aromatic rings. The molecule has 0 bridgehead atoms. The van der Waals surface area contributed by atoms with Crippen LogP contribution in [0.2, 0.25) is 0 Å². The first-order valence-electron chi connectivity index (χ1n) is 6.86. The van der Waals surface area contributed by atoms with Crippen LogP contribution in [-0.2, 0) is 9.84 Å². The van der Waals surface area contributed by atoms with Gasteiger partial charge in [0, 0.05) is 6.26 Å². The molecule has 0 heterocycles. The molecule has 1 aliphatic rings. The predicted molar refractivity (Wildman–Crippen MR) is 72.9 cm³/mol. The Kier molecular flexibility index (Phi) is 6.49. The maximum Gasteiger partial charge on any atom is 0.147 e. The molecule has 3 nitrogen and oxygen atoms in total. The monoisotopic (exact) mass is 261 g/mol. The molecule has 1 N–H and O–H groups in total. The number of rotatable bonds is 7. The highest BCUT2D eigenvalue weighted by atomic mass is 32.2. The van der Waals surface area contributed by atoms with Gasteiger partial charge in [0.1, 0.15) is 9.84 Å². The van der Waals surface area contributed by atoms with Gasteiger partial charge in [-0.3, -0.25) is 0 Å². The first-order valence-corrected chi connectivity index (χ1v) is 8.92. The second-order valence-corrected chi connectivity index (χ2v) is 7.91. The summed E-state index contributed by atoms with van der Waals surface area (Å²) < 4.78 is 21.8. The van der Waals surface area contributed by atoms with E-state index in [0.29, 0.717) is 5.75 Å². The summed E-state index contributed by atoms with van der Waals surface area (Å²) in [5.41, 5.74) is 0. The van der Waals surface area contributed by atoms with Crippen molar-refractivity contribution < 1.29 is 8.42 Å². The van der Waals surface area contributed by atoms with E-state index < -0.39 is 9.84 Å². The quantitative estimate of drug-likeness (QED) is 0.715. The van der Waals surface area contributed by atoms with Crippen molar-refractivity contribution in [3.8, 4) is 0 Å². The molecule has 102 valence electrons. The van der Waals surface area contributed by atoms with Crippen LogP contribution >= 0.6 is 0 Å². The van der Waals surface area contributed by atoms with Gasteiger partial charge in [-0.05, 0) is 37.8 Å². The molecule has 0 aromatic carbocycles. The molecule has 4 heteroatoms. The molecule has 0 spiro atoms. The van der Waals surface area contributed by atoms with Crippen molar-refractivity contribution in [2.75, 3.05) is 25.1 Å². The first kappa shape index (κ1) is 15.0. The van der Waals surface area contributed by atoms with Crippen molar-refractivity contribution >= 4 is 9.84 Å². The summed E-state index contributed by atoms with van der Waals surface area (Å²) in [6.07, 6.45) is 8.83. The molecule has 1 rings (SSSR count). The summed E-state index contributed by atoms with van der Waals surface area (Å²) >= 11 is 0. The van der Waals surface area contributed by atoms with Gasteiger partial charge < -0.3 is 5.32 Å². The van der Waals surface area contributed by atoms with E-state index in [2.05, 4.69) is 12.2 Å². The van der Waals surface area contributed by atoms with Crippen LogP contribution < -0.4 is 5.32 Å². The van der Waals surface area contributed by atoms with E-state index in [1.807, 2.05) is 0 Å². The van der Waals surface area contributed by atoms with Crippen LogP contribution in [0.1, 0.15) is 45.4 Å². The highest BCUT2D eigenvalue weighted by Crippen LogP contribution is 2.29. The average molecular weight is 261 g/mol.